The predicted molar refractivity (Wildman–Crippen MR) is 99.3 cm³/mol. The standard InChI is InChI=1S/C18H24N2O6S/c1-11(19-17(22)12-5-3-4-6-12)7-16(21)20-14-8-13(18(23)24)9-15(10-14)27(2,25)26/h8-12H,3-7H2,1-2H3,(H,19,22)(H,20,21)(H,23,24). The zero-order valence-corrected chi connectivity index (χ0v) is 16.1. The lowest BCUT2D eigenvalue weighted by Crippen LogP contribution is -2.38. The van der Waals surface area contributed by atoms with Crippen molar-refractivity contribution < 1.29 is 27.9 Å². The van der Waals surface area contributed by atoms with E-state index in [0.29, 0.717) is 0 Å². The minimum absolute atomic E-state index is 0.0000726. The van der Waals surface area contributed by atoms with E-state index in [1.165, 1.54) is 12.1 Å². The summed E-state index contributed by atoms with van der Waals surface area (Å²) in [7, 11) is -3.64. The van der Waals surface area contributed by atoms with Gasteiger partial charge in [0.15, 0.2) is 9.84 Å². The molecular weight excluding hydrogens is 372 g/mol. The number of hydrogen-bond donors (Lipinski definition) is 3. The Labute approximate surface area is 158 Å². The van der Waals surface area contributed by atoms with Crippen molar-refractivity contribution >= 4 is 33.3 Å². The molecule has 0 saturated heterocycles. The Balaban J connectivity index is 2.02. The minimum atomic E-state index is -3.64. The van der Waals surface area contributed by atoms with Gasteiger partial charge in [0.1, 0.15) is 0 Å². The third kappa shape index (κ3) is 6.06. The van der Waals surface area contributed by atoms with Gasteiger partial charge in [0.05, 0.1) is 10.5 Å². The fourth-order valence-corrected chi connectivity index (χ4v) is 3.78. The van der Waals surface area contributed by atoms with Gasteiger partial charge in [-0.05, 0) is 38.0 Å². The predicted octanol–water partition coefficient (Wildman–Crippen LogP) is 1.81. The van der Waals surface area contributed by atoms with Crippen LogP contribution in [-0.2, 0) is 19.4 Å². The first kappa shape index (κ1) is 20.9. The lowest BCUT2D eigenvalue weighted by molar-refractivity contribution is -0.125. The van der Waals surface area contributed by atoms with Crippen molar-refractivity contribution in [3.63, 3.8) is 0 Å². The first-order chi connectivity index (χ1) is 12.6. The Morgan fingerprint density at radius 3 is 2.37 bits per heavy atom. The molecule has 0 radical (unpaired) electrons. The van der Waals surface area contributed by atoms with Gasteiger partial charge in [0, 0.05) is 30.3 Å². The molecule has 8 nitrogen and oxygen atoms in total. The lowest BCUT2D eigenvalue weighted by Gasteiger charge is -2.17. The maximum absolute atomic E-state index is 12.2. The van der Waals surface area contributed by atoms with Gasteiger partial charge < -0.3 is 15.7 Å². The van der Waals surface area contributed by atoms with Crippen LogP contribution in [0.2, 0.25) is 0 Å². The average molecular weight is 396 g/mol. The smallest absolute Gasteiger partial charge is 0.335 e. The number of anilines is 1. The van der Waals surface area contributed by atoms with Gasteiger partial charge in [-0.25, -0.2) is 13.2 Å². The second-order valence-corrected chi connectivity index (χ2v) is 8.98. The van der Waals surface area contributed by atoms with E-state index in [1.54, 1.807) is 6.92 Å². The molecule has 0 spiro atoms. The molecule has 3 N–H and O–H groups in total. The SMILES string of the molecule is CC(CC(=O)Nc1cc(C(=O)O)cc(S(C)(=O)=O)c1)NC(=O)C1CCCC1. The van der Waals surface area contributed by atoms with E-state index in [-0.39, 0.29) is 34.4 Å². The van der Waals surface area contributed by atoms with Crippen LogP contribution in [0.1, 0.15) is 49.4 Å². The highest BCUT2D eigenvalue weighted by Gasteiger charge is 2.24. The summed E-state index contributed by atoms with van der Waals surface area (Å²) in [6.45, 7) is 1.71. The zero-order chi connectivity index (χ0) is 20.2. The van der Waals surface area contributed by atoms with Crippen molar-refractivity contribution in [2.75, 3.05) is 11.6 Å². The molecule has 1 unspecified atom stereocenters. The van der Waals surface area contributed by atoms with Crippen LogP contribution in [0.15, 0.2) is 23.1 Å². The van der Waals surface area contributed by atoms with Crippen LogP contribution in [0, 0.1) is 5.92 Å². The Hall–Kier alpha value is -2.42. The summed E-state index contributed by atoms with van der Waals surface area (Å²) in [6.07, 6.45) is 4.75. The first-order valence-corrected chi connectivity index (χ1v) is 10.6. The van der Waals surface area contributed by atoms with E-state index in [9.17, 15) is 22.8 Å². The molecule has 1 saturated carbocycles. The van der Waals surface area contributed by atoms with E-state index >= 15 is 0 Å². The van der Waals surface area contributed by atoms with Crippen LogP contribution >= 0.6 is 0 Å². The summed E-state index contributed by atoms with van der Waals surface area (Å²) in [5, 5.41) is 14.4. The van der Waals surface area contributed by atoms with E-state index in [2.05, 4.69) is 10.6 Å². The molecule has 0 aromatic heterocycles. The topological polar surface area (TPSA) is 130 Å². The van der Waals surface area contributed by atoms with Gasteiger partial charge in [0.2, 0.25) is 11.8 Å². The molecule has 0 heterocycles. The van der Waals surface area contributed by atoms with Crippen molar-refractivity contribution in [2.24, 2.45) is 5.92 Å². The van der Waals surface area contributed by atoms with Gasteiger partial charge in [-0.3, -0.25) is 9.59 Å². The number of aromatic carboxylic acids is 1. The summed E-state index contributed by atoms with van der Waals surface area (Å²) in [6, 6.07) is 3.05. The van der Waals surface area contributed by atoms with Gasteiger partial charge in [-0.1, -0.05) is 12.8 Å². The maximum Gasteiger partial charge on any atom is 0.335 e. The Kier molecular flexibility index (Phi) is 6.59. The van der Waals surface area contributed by atoms with E-state index in [1.807, 2.05) is 0 Å². The fourth-order valence-electron chi connectivity index (χ4n) is 3.10. The van der Waals surface area contributed by atoms with E-state index in [0.717, 1.165) is 38.0 Å². The molecule has 1 aliphatic rings. The number of benzene rings is 1. The Morgan fingerprint density at radius 1 is 1.19 bits per heavy atom. The normalized spacial score (nSPS) is 15.9. The number of sulfone groups is 1. The molecule has 2 amide bonds. The number of carbonyl (C=O) groups is 3. The summed E-state index contributed by atoms with van der Waals surface area (Å²) in [5.74, 6) is -1.80. The highest BCUT2D eigenvalue weighted by atomic mass is 32.2. The van der Waals surface area contributed by atoms with Crippen LogP contribution in [0.25, 0.3) is 0 Å². The van der Waals surface area contributed by atoms with Gasteiger partial charge in [0.25, 0.3) is 0 Å². The van der Waals surface area contributed by atoms with Crippen molar-refractivity contribution in [2.45, 2.75) is 50.0 Å². The Bertz CT molecular complexity index is 843. The zero-order valence-electron chi connectivity index (χ0n) is 15.3. The third-order valence-electron chi connectivity index (χ3n) is 4.47. The molecule has 1 aliphatic carbocycles. The second kappa shape index (κ2) is 8.51. The van der Waals surface area contributed by atoms with Crippen molar-refractivity contribution in [1.29, 1.82) is 0 Å². The summed E-state index contributed by atoms with van der Waals surface area (Å²) < 4.78 is 23.4. The molecule has 27 heavy (non-hydrogen) atoms. The molecule has 148 valence electrons. The molecule has 1 fully saturated rings. The van der Waals surface area contributed by atoms with Crippen LogP contribution in [0.4, 0.5) is 5.69 Å². The van der Waals surface area contributed by atoms with Crippen molar-refractivity contribution in [3.05, 3.63) is 23.8 Å². The van der Waals surface area contributed by atoms with Crippen LogP contribution in [0.3, 0.4) is 0 Å². The van der Waals surface area contributed by atoms with Gasteiger partial charge in [-0.15, -0.1) is 0 Å². The number of rotatable bonds is 7. The first-order valence-electron chi connectivity index (χ1n) is 8.75. The monoisotopic (exact) mass is 396 g/mol. The molecule has 0 aliphatic heterocycles. The quantitative estimate of drug-likeness (QED) is 0.644. The molecule has 1 atom stereocenters. The summed E-state index contributed by atoms with van der Waals surface area (Å²) in [4.78, 5) is 35.3. The van der Waals surface area contributed by atoms with Crippen LogP contribution < -0.4 is 10.6 Å². The lowest BCUT2D eigenvalue weighted by atomic mass is 10.1. The van der Waals surface area contributed by atoms with Gasteiger partial charge in [-0.2, -0.15) is 0 Å². The number of carboxylic acid groups (broad SMARTS) is 1. The minimum Gasteiger partial charge on any atom is -0.478 e. The molecular formula is C18H24N2O6S. The summed E-state index contributed by atoms with van der Waals surface area (Å²) in [5.41, 5.74) is -0.162. The highest BCUT2D eigenvalue weighted by molar-refractivity contribution is 7.90. The summed E-state index contributed by atoms with van der Waals surface area (Å²) >= 11 is 0. The largest absolute Gasteiger partial charge is 0.478 e. The maximum atomic E-state index is 12.2. The number of carboxylic acids is 1. The third-order valence-corrected chi connectivity index (χ3v) is 5.56. The number of carbonyl (C=O) groups excluding carboxylic acids is 2. The molecule has 1 aromatic carbocycles. The molecule has 0 bridgehead atoms. The molecule has 9 heteroatoms. The van der Waals surface area contributed by atoms with Crippen LogP contribution in [0.5, 0.6) is 0 Å². The van der Waals surface area contributed by atoms with E-state index < -0.39 is 27.8 Å². The fraction of sp³-hybridized carbons (Fsp3) is 0.500. The highest BCUT2D eigenvalue weighted by Crippen LogP contribution is 2.25. The van der Waals surface area contributed by atoms with Gasteiger partial charge >= 0.3 is 5.97 Å². The van der Waals surface area contributed by atoms with Crippen LogP contribution in [-0.4, -0.2) is 43.6 Å². The average Bonchev–Trinajstić information content (AvgIpc) is 3.07. The number of amides is 2. The number of nitrogens with one attached hydrogen (secondary N) is 2. The van der Waals surface area contributed by atoms with Crippen molar-refractivity contribution in [3.8, 4) is 0 Å². The molecule has 1 aromatic rings. The number of hydrogen-bond acceptors (Lipinski definition) is 5. The molecule has 2 rings (SSSR count). The second-order valence-electron chi connectivity index (χ2n) is 6.97. The van der Waals surface area contributed by atoms with E-state index in [4.69, 9.17) is 5.11 Å². The van der Waals surface area contributed by atoms with Crippen molar-refractivity contribution in [1.82, 2.24) is 5.32 Å². The Morgan fingerprint density at radius 2 is 1.81 bits per heavy atom.